The van der Waals surface area contributed by atoms with E-state index in [2.05, 4.69) is 25.1 Å². The quantitative estimate of drug-likeness (QED) is 0.703. The van der Waals surface area contributed by atoms with Gasteiger partial charge in [-0.3, -0.25) is 4.90 Å². The van der Waals surface area contributed by atoms with Crippen LogP contribution in [0, 0.1) is 5.92 Å². The second-order valence-electron chi connectivity index (χ2n) is 4.93. The fourth-order valence-corrected chi connectivity index (χ4v) is 3.25. The predicted octanol–water partition coefficient (Wildman–Crippen LogP) is 1.42. The average molecular weight is 246 g/mol. The Kier molecular flexibility index (Phi) is 5.57. The lowest BCUT2D eigenvalue weighted by atomic mass is 9.91. The van der Waals surface area contributed by atoms with Crippen molar-refractivity contribution < 1.29 is 4.74 Å². The van der Waals surface area contributed by atoms with Crippen LogP contribution in [-0.2, 0) is 4.74 Å². The molecule has 16 heavy (non-hydrogen) atoms. The first-order chi connectivity index (χ1) is 7.62. The molecule has 1 fully saturated rings. The molecule has 1 rings (SSSR count). The highest BCUT2D eigenvalue weighted by Gasteiger charge is 2.48. The van der Waals surface area contributed by atoms with Gasteiger partial charge >= 0.3 is 0 Å². The molecule has 1 aliphatic rings. The van der Waals surface area contributed by atoms with Gasteiger partial charge in [0.15, 0.2) is 0 Å². The maximum atomic E-state index is 6.04. The molecule has 3 nitrogen and oxygen atoms in total. The first kappa shape index (κ1) is 14.3. The second kappa shape index (κ2) is 6.24. The molecule has 2 N–H and O–H groups in total. The summed E-state index contributed by atoms with van der Waals surface area (Å²) in [7, 11) is 3.98. The summed E-state index contributed by atoms with van der Waals surface area (Å²) >= 11 is 1.89. The van der Waals surface area contributed by atoms with Gasteiger partial charge in [-0.15, -0.1) is 0 Å². The van der Waals surface area contributed by atoms with Crippen molar-refractivity contribution in [3.05, 3.63) is 0 Å². The van der Waals surface area contributed by atoms with Gasteiger partial charge in [0, 0.05) is 25.4 Å². The number of thioether (sulfide) groups is 1. The number of hydrogen-bond donors (Lipinski definition) is 1. The molecule has 0 aliphatic heterocycles. The molecule has 0 aromatic carbocycles. The minimum Gasteiger partial charge on any atom is -0.383 e. The Morgan fingerprint density at radius 2 is 2.19 bits per heavy atom. The summed E-state index contributed by atoms with van der Waals surface area (Å²) in [4.78, 5) is 2.45. The number of hydrogen-bond acceptors (Lipinski definition) is 4. The molecule has 2 unspecified atom stereocenters. The lowest BCUT2D eigenvalue weighted by Gasteiger charge is -2.44. The van der Waals surface area contributed by atoms with Gasteiger partial charge < -0.3 is 10.5 Å². The molecule has 1 aliphatic carbocycles. The van der Waals surface area contributed by atoms with E-state index in [1.54, 1.807) is 7.11 Å². The summed E-state index contributed by atoms with van der Waals surface area (Å²) < 4.78 is 5.42. The van der Waals surface area contributed by atoms with Crippen molar-refractivity contribution in [3.8, 4) is 0 Å². The van der Waals surface area contributed by atoms with Crippen LogP contribution in [-0.4, -0.2) is 55.8 Å². The Hall–Kier alpha value is 0.230. The molecule has 2 atom stereocenters. The van der Waals surface area contributed by atoms with Crippen LogP contribution in [0.25, 0.3) is 0 Å². The topological polar surface area (TPSA) is 38.5 Å². The zero-order chi connectivity index (χ0) is 12.2. The Labute approximate surface area is 104 Å². The summed E-state index contributed by atoms with van der Waals surface area (Å²) in [6.07, 6.45) is 4.76. The van der Waals surface area contributed by atoms with E-state index in [1.807, 2.05) is 11.8 Å². The standard InChI is InChI=1S/C12H26N2OS/c1-10(7-16-4)14(2)12(8-13,9-15-3)11-5-6-11/h10-11H,5-9,13H2,1-4H3. The Morgan fingerprint density at radius 3 is 2.56 bits per heavy atom. The van der Waals surface area contributed by atoms with Crippen molar-refractivity contribution in [1.29, 1.82) is 0 Å². The SMILES string of the molecule is COCC(CN)(C1CC1)N(C)C(C)CSC. The summed E-state index contributed by atoms with van der Waals surface area (Å²) in [6.45, 7) is 3.73. The third-order valence-corrected chi connectivity index (χ3v) is 4.67. The fourth-order valence-electron chi connectivity index (χ4n) is 2.54. The minimum atomic E-state index is 0.0594. The zero-order valence-corrected chi connectivity index (χ0v) is 11.8. The van der Waals surface area contributed by atoms with Crippen molar-refractivity contribution in [1.82, 2.24) is 4.90 Å². The second-order valence-corrected chi connectivity index (χ2v) is 5.84. The van der Waals surface area contributed by atoms with Crippen LogP contribution < -0.4 is 5.73 Å². The molecule has 96 valence electrons. The largest absolute Gasteiger partial charge is 0.383 e. The first-order valence-corrected chi connectivity index (χ1v) is 7.42. The molecule has 0 heterocycles. The summed E-state index contributed by atoms with van der Waals surface area (Å²) in [5.74, 6) is 1.88. The van der Waals surface area contributed by atoms with Crippen molar-refractivity contribution in [2.45, 2.75) is 31.3 Å². The molecular formula is C12H26N2OS. The highest BCUT2D eigenvalue weighted by Crippen LogP contribution is 2.43. The van der Waals surface area contributed by atoms with Gasteiger partial charge in [-0.1, -0.05) is 0 Å². The van der Waals surface area contributed by atoms with Crippen LogP contribution in [0.1, 0.15) is 19.8 Å². The Bertz CT molecular complexity index is 211. The number of nitrogens with zero attached hydrogens (tertiary/aromatic N) is 1. The van der Waals surface area contributed by atoms with E-state index < -0.39 is 0 Å². The number of rotatable bonds is 8. The lowest BCUT2D eigenvalue weighted by Crippen LogP contribution is -2.60. The van der Waals surface area contributed by atoms with Gasteiger partial charge in [0.2, 0.25) is 0 Å². The smallest absolute Gasteiger partial charge is 0.0661 e. The number of nitrogens with two attached hydrogens (primary N) is 1. The Balaban J connectivity index is 2.73. The average Bonchev–Trinajstić information content (AvgIpc) is 3.09. The van der Waals surface area contributed by atoms with Gasteiger partial charge in [-0.05, 0) is 39.0 Å². The van der Waals surface area contributed by atoms with Crippen molar-refractivity contribution in [2.24, 2.45) is 11.7 Å². The summed E-state index contributed by atoms with van der Waals surface area (Å²) in [6, 6.07) is 0.550. The molecular weight excluding hydrogens is 220 g/mol. The molecule has 1 saturated carbocycles. The third kappa shape index (κ3) is 2.92. The van der Waals surface area contributed by atoms with E-state index in [9.17, 15) is 0 Å². The lowest BCUT2D eigenvalue weighted by molar-refractivity contribution is -0.000651. The van der Waals surface area contributed by atoms with E-state index in [4.69, 9.17) is 10.5 Å². The van der Waals surface area contributed by atoms with Gasteiger partial charge in [0.25, 0.3) is 0 Å². The minimum absolute atomic E-state index is 0.0594. The van der Waals surface area contributed by atoms with Crippen LogP contribution in [0.4, 0.5) is 0 Å². The van der Waals surface area contributed by atoms with E-state index in [0.29, 0.717) is 12.6 Å². The third-order valence-electron chi connectivity index (χ3n) is 3.86. The monoisotopic (exact) mass is 246 g/mol. The molecule has 0 aromatic rings. The van der Waals surface area contributed by atoms with Crippen LogP contribution in [0.3, 0.4) is 0 Å². The van der Waals surface area contributed by atoms with E-state index in [0.717, 1.165) is 18.3 Å². The molecule has 0 spiro atoms. The highest BCUT2D eigenvalue weighted by atomic mass is 32.2. The van der Waals surface area contributed by atoms with Crippen molar-refractivity contribution >= 4 is 11.8 Å². The molecule has 0 aromatic heterocycles. The number of likely N-dealkylation sites (N-methyl/N-ethyl adjacent to an activating group) is 1. The molecule has 0 radical (unpaired) electrons. The van der Waals surface area contributed by atoms with Gasteiger partial charge in [0.05, 0.1) is 12.1 Å². The van der Waals surface area contributed by atoms with Gasteiger partial charge in [-0.2, -0.15) is 11.8 Å². The fraction of sp³-hybridized carbons (Fsp3) is 1.00. The summed E-state index contributed by atoms with van der Waals surface area (Å²) in [5, 5.41) is 0. The Morgan fingerprint density at radius 1 is 1.56 bits per heavy atom. The first-order valence-electron chi connectivity index (χ1n) is 6.03. The number of ether oxygens (including phenoxy) is 1. The normalized spacial score (nSPS) is 22.1. The van der Waals surface area contributed by atoms with Gasteiger partial charge in [-0.25, -0.2) is 0 Å². The van der Waals surface area contributed by atoms with Crippen LogP contribution in [0.15, 0.2) is 0 Å². The zero-order valence-electron chi connectivity index (χ0n) is 11.0. The highest BCUT2D eigenvalue weighted by molar-refractivity contribution is 7.98. The van der Waals surface area contributed by atoms with Crippen molar-refractivity contribution in [2.75, 3.05) is 39.3 Å². The van der Waals surface area contributed by atoms with Gasteiger partial charge in [0.1, 0.15) is 0 Å². The van der Waals surface area contributed by atoms with E-state index in [-0.39, 0.29) is 5.54 Å². The summed E-state index contributed by atoms with van der Waals surface area (Å²) in [5.41, 5.74) is 6.10. The van der Waals surface area contributed by atoms with E-state index in [1.165, 1.54) is 12.8 Å². The maximum absolute atomic E-state index is 6.04. The molecule has 0 bridgehead atoms. The maximum Gasteiger partial charge on any atom is 0.0661 e. The molecule has 0 saturated heterocycles. The van der Waals surface area contributed by atoms with Crippen molar-refractivity contribution in [3.63, 3.8) is 0 Å². The van der Waals surface area contributed by atoms with Crippen LogP contribution in [0.5, 0.6) is 0 Å². The molecule has 4 heteroatoms. The van der Waals surface area contributed by atoms with Crippen LogP contribution >= 0.6 is 11.8 Å². The molecule has 0 amide bonds. The predicted molar refractivity (Wildman–Crippen MR) is 72.0 cm³/mol. The number of methoxy groups -OCH3 is 1. The van der Waals surface area contributed by atoms with E-state index >= 15 is 0 Å². The van der Waals surface area contributed by atoms with Crippen LogP contribution in [0.2, 0.25) is 0 Å².